The van der Waals surface area contributed by atoms with Gasteiger partial charge in [0, 0.05) is 30.9 Å². The second kappa shape index (κ2) is 8.29. The minimum Gasteiger partial charge on any atom is -0.395 e. The summed E-state index contributed by atoms with van der Waals surface area (Å²) in [5.74, 6) is -0.0881. The summed E-state index contributed by atoms with van der Waals surface area (Å²) in [6.07, 6.45) is 5.29. The fraction of sp³-hybridized carbons (Fsp3) is 0.333. The van der Waals surface area contributed by atoms with Crippen molar-refractivity contribution in [1.82, 2.24) is 14.7 Å². The summed E-state index contributed by atoms with van der Waals surface area (Å²) < 4.78 is 1.85. The third-order valence-corrected chi connectivity index (χ3v) is 3.34. The Morgan fingerprint density at radius 3 is 2.65 bits per heavy atom. The van der Waals surface area contributed by atoms with Crippen LogP contribution in [0.25, 0.3) is 0 Å². The smallest absolute Gasteiger partial charge is 0.246 e. The van der Waals surface area contributed by atoms with E-state index in [0.29, 0.717) is 19.6 Å². The highest BCUT2D eigenvalue weighted by Crippen LogP contribution is 2.08. The lowest BCUT2D eigenvalue weighted by atomic mass is 10.2. The van der Waals surface area contributed by atoms with Gasteiger partial charge in [0.25, 0.3) is 0 Å². The van der Waals surface area contributed by atoms with Crippen LogP contribution in [0.5, 0.6) is 0 Å². The van der Waals surface area contributed by atoms with E-state index in [9.17, 15) is 4.79 Å². The van der Waals surface area contributed by atoms with Gasteiger partial charge in [-0.05, 0) is 19.4 Å². The molecule has 0 radical (unpaired) electrons. The first kappa shape index (κ1) is 17.0. The van der Waals surface area contributed by atoms with Crippen LogP contribution in [0, 0.1) is 0 Å². The molecule has 1 heterocycles. The number of hydrogen-bond acceptors (Lipinski definition) is 3. The minimum absolute atomic E-state index is 0.0551. The number of aromatic nitrogens is 2. The Hall–Kier alpha value is -2.40. The summed E-state index contributed by atoms with van der Waals surface area (Å²) in [7, 11) is 0. The lowest BCUT2D eigenvalue weighted by Gasteiger charge is -2.19. The lowest BCUT2D eigenvalue weighted by Crippen LogP contribution is -2.31. The Morgan fingerprint density at radius 2 is 2.00 bits per heavy atom. The Balaban J connectivity index is 2.03. The molecule has 2 rings (SSSR count). The van der Waals surface area contributed by atoms with Crippen LogP contribution >= 0.6 is 0 Å². The van der Waals surface area contributed by atoms with Crippen molar-refractivity contribution in [2.24, 2.45) is 0 Å². The van der Waals surface area contributed by atoms with Crippen LogP contribution in [0.1, 0.15) is 25.0 Å². The summed E-state index contributed by atoms with van der Waals surface area (Å²) in [5.41, 5.74) is 3.07. The van der Waals surface area contributed by atoms with E-state index in [1.165, 1.54) is 5.56 Å². The zero-order valence-electron chi connectivity index (χ0n) is 13.6. The first-order valence-electron chi connectivity index (χ1n) is 7.68. The number of benzene rings is 1. The predicted molar refractivity (Wildman–Crippen MR) is 89.7 cm³/mol. The molecule has 0 spiro atoms. The summed E-state index contributed by atoms with van der Waals surface area (Å²) in [4.78, 5) is 13.8. The van der Waals surface area contributed by atoms with Gasteiger partial charge in [0.2, 0.25) is 5.91 Å². The van der Waals surface area contributed by atoms with E-state index in [-0.39, 0.29) is 12.5 Å². The van der Waals surface area contributed by atoms with E-state index in [0.717, 1.165) is 11.1 Å². The highest BCUT2D eigenvalue weighted by atomic mass is 16.3. The first-order chi connectivity index (χ1) is 11.1. The van der Waals surface area contributed by atoms with Crippen molar-refractivity contribution in [2.45, 2.75) is 26.9 Å². The maximum atomic E-state index is 12.2. The van der Waals surface area contributed by atoms with Gasteiger partial charge in [-0.3, -0.25) is 9.48 Å². The van der Waals surface area contributed by atoms with Crippen molar-refractivity contribution >= 4 is 5.91 Å². The van der Waals surface area contributed by atoms with Crippen molar-refractivity contribution in [2.75, 3.05) is 13.2 Å². The van der Waals surface area contributed by atoms with Crippen molar-refractivity contribution in [3.8, 4) is 0 Å². The van der Waals surface area contributed by atoms with Gasteiger partial charge < -0.3 is 10.0 Å². The van der Waals surface area contributed by atoms with Crippen molar-refractivity contribution < 1.29 is 9.90 Å². The van der Waals surface area contributed by atoms with E-state index in [4.69, 9.17) is 5.11 Å². The van der Waals surface area contributed by atoms with Gasteiger partial charge >= 0.3 is 0 Å². The largest absolute Gasteiger partial charge is 0.395 e. The van der Waals surface area contributed by atoms with Gasteiger partial charge in [0.05, 0.1) is 19.3 Å². The Kier molecular flexibility index (Phi) is 6.11. The molecule has 0 fully saturated rings. The van der Waals surface area contributed by atoms with Gasteiger partial charge in [-0.15, -0.1) is 0 Å². The molecule has 0 unspecified atom stereocenters. The van der Waals surface area contributed by atoms with Crippen LogP contribution < -0.4 is 0 Å². The quantitative estimate of drug-likeness (QED) is 0.797. The molecule has 2 aromatic rings. The zero-order valence-corrected chi connectivity index (χ0v) is 13.6. The zero-order chi connectivity index (χ0) is 16.7. The monoisotopic (exact) mass is 313 g/mol. The molecule has 0 bridgehead atoms. The topological polar surface area (TPSA) is 58.4 Å². The van der Waals surface area contributed by atoms with Crippen LogP contribution in [0.3, 0.4) is 0 Å². The fourth-order valence-electron chi connectivity index (χ4n) is 2.29. The highest BCUT2D eigenvalue weighted by molar-refractivity contribution is 5.88. The van der Waals surface area contributed by atoms with E-state index >= 15 is 0 Å². The number of rotatable bonds is 7. The molecule has 0 aliphatic carbocycles. The number of amides is 1. The Morgan fingerprint density at radius 1 is 1.26 bits per heavy atom. The molecular weight excluding hydrogens is 290 g/mol. The molecular formula is C18H23N3O2. The first-order valence-corrected chi connectivity index (χ1v) is 7.68. The molecule has 0 aliphatic rings. The molecule has 5 heteroatoms. The molecule has 1 amide bonds. The Bertz CT molecular complexity index is 658. The number of hydrogen-bond donors (Lipinski definition) is 1. The maximum absolute atomic E-state index is 12.2. The van der Waals surface area contributed by atoms with Gasteiger partial charge in [-0.25, -0.2) is 0 Å². The molecule has 0 saturated heterocycles. The summed E-state index contributed by atoms with van der Waals surface area (Å²) in [6.45, 7) is 5.16. The van der Waals surface area contributed by atoms with Crippen LogP contribution in [0.4, 0.5) is 0 Å². The third kappa shape index (κ3) is 5.38. The molecule has 1 aromatic carbocycles. The number of allylic oxidation sites excluding steroid dienone is 1. The van der Waals surface area contributed by atoms with Gasteiger partial charge in [0.15, 0.2) is 0 Å². The maximum Gasteiger partial charge on any atom is 0.246 e. The average molecular weight is 313 g/mol. The highest BCUT2D eigenvalue weighted by Gasteiger charge is 2.12. The second-order valence-corrected chi connectivity index (χ2v) is 5.74. The molecule has 122 valence electrons. The van der Waals surface area contributed by atoms with E-state index < -0.39 is 0 Å². The molecule has 0 saturated carbocycles. The summed E-state index contributed by atoms with van der Waals surface area (Å²) >= 11 is 0. The molecule has 23 heavy (non-hydrogen) atoms. The van der Waals surface area contributed by atoms with E-state index in [1.807, 2.05) is 42.9 Å². The number of aliphatic hydroxyl groups excluding tert-OH is 1. The fourth-order valence-corrected chi connectivity index (χ4v) is 2.29. The van der Waals surface area contributed by atoms with E-state index in [1.54, 1.807) is 17.2 Å². The number of carbonyl (C=O) groups excluding carboxylic acids is 1. The molecule has 1 aromatic heterocycles. The summed E-state index contributed by atoms with van der Waals surface area (Å²) in [5, 5.41) is 13.5. The number of carbonyl (C=O) groups is 1. The molecule has 0 atom stereocenters. The second-order valence-electron chi connectivity index (χ2n) is 5.74. The molecule has 1 N–H and O–H groups in total. The normalized spacial score (nSPS) is 10.4. The van der Waals surface area contributed by atoms with E-state index in [2.05, 4.69) is 17.2 Å². The van der Waals surface area contributed by atoms with Crippen LogP contribution in [0.2, 0.25) is 0 Å². The van der Waals surface area contributed by atoms with Crippen LogP contribution in [-0.4, -0.2) is 38.8 Å². The number of nitrogens with zero attached hydrogens (tertiary/aromatic N) is 3. The summed E-state index contributed by atoms with van der Waals surface area (Å²) in [6, 6.07) is 10.1. The predicted octanol–water partition coefficient (Wildman–Crippen LogP) is 2.22. The average Bonchev–Trinajstić information content (AvgIpc) is 2.94. The molecule has 0 aliphatic heterocycles. The van der Waals surface area contributed by atoms with Crippen molar-refractivity contribution in [3.05, 3.63) is 65.5 Å². The van der Waals surface area contributed by atoms with Gasteiger partial charge in [-0.1, -0.05) is 35.9 Å². The van der Waals surface area contributed by atoms with Crippen LogP contribution in [-0.2, 0) is 17.9 Å². The minimum atomic E-state index is -0.0881. The van der Waals surface area contributed by atoms with Crippen molar-refractivity contribution in [3.63, 3.8) is 0 Å². The molecule has 5 nitrogen and oxygen atoms in total. The standard InChI is InChI=1S/C18H23N3O2/c1-15(2)10-18(23)20(8-9-22)12-17-11-19-21(14-17)13-16-6-4-3-5-7-16/h3-7,10-11,14,22H,8-9,12-13H2,1-2H3. The SMILES string of the molecule is CC(C)=CC(=O)N(CCO)Cc1cnn(Cc2ccccc2)c1. The number of aliphatic hydroxyl groups is 1. The van der Waals surface area contributed by atoms with Gasteiger partial charge in [-0.2, -0.15) is 5.10 Å². The van der Waals surface area contributed by atoms with Crippen molar-refractivity contribution in [1.29, 1.82) is 0 Å². The van der Waals surface area contributed by atoms with Crippen LogP contribution in [0.15, 0.2) is 54.4 Å². The third-order valence-electron chi connectivity index (χ3n) is 3.34. The van der Waals surface area contributed by atoms with Gasteiger partial charge in [0.1, 0.15) is 0 Å². The Labute approximate surface area is 136 Å². The lowest BCUT2D eigenvalue weighted by molar-refractivity contribution is -0.127.